The molecule has 2 heterocycles. The first kappa shape index (κ1) is 13.1. The lowest BCUT2D eigenvalue weighted by atomic mass is 10.1. The molecule has 5 heteroatoms. The first-order chi connectivity index (χ1) is 8.69. The van der Waals surface area contributed by atoms with Gasteiger partial charge < -0.3 is 5.11 Å². The van der Waals surface area contributed by atoms with Gasteiger partial charge in [0, 0.05) is 32.3 Å². The lowest BCUT2D eigenvalue weighted by molar-refractivity contribution is -0.138. The molecule has 0 spiro atoms. The maximum absolute atomic E-state index is 10.7. The van der Waals surface area contributed by atoms with Crippen LogP contribution in [0.15, 0.2) is 12.3 Å². The summed E-state index contributed by atoms with van der Waals surface area (Å²) in [6.45, 7) is 5.87. The summed E-state index contributed by atoms with van der Waals surface area (Å²) in [5.74, 6) is -0.372. The van der Waals surface area contributed by atoms with Crippen LogP contribution in [-0.2, 0) is 17.9 Å². The molecule has 1 aliphatic rings. The molecule has 1 aliphatic heterocycles. The fourth-order valence-corrected chi connectivity index (χ4v) is 2.61. The van der Waals surface area contributed by atoms with Gasteiger partial charge in [-0.25, -0.2) is 0 Å². The van der Waals surface area contributed by atoms with Crippen LogP contribution >= 0.6 is 0 Å². The Bertz CT molecular complexity index is 403. The molecular formula is C13H21N3O2. The number of likely N-dealkylation sites (tertiary alicyclic amines) is 1. The fraction of sp³-hybridized carbons (Fsp3) is 0.692. The molecule has 0 aliphatic carbocycles. The van der Waals surface area contributed by atoms with Crippen molar-refractivity contribution in [1.82, 2.24) is 14.7 Å². The van der Waals surface area contributed by atoms with Crippen LogP contribution in [-0.4, -0.2) is 38.8 Å². The molecule has 1 aromatic heterocycles. The van der Waals surface area contributed by atoms with Crippen molar-refractivity contribution >= 4 is 5.97 Å². The Balaban J connectivity index is 1.87. The van der Waals surface area contributed by atoms with E-state index in [9.17, 15) is 4.79 Å². The second-order valence-corrected chi connectivity index (χ2v) is 5.03. The Morgan fingerprint density at radius 3 is 3.17 bits per heavy atom. The van der Waals surface area contributed by atoms with E-state index in [2.05, 4.69) is 23.0 Å². The molecule has 0 saturated carbocycles. The average Bonchev–Trinajstić information content (AvgIpc) is 2.90. The van der Waals surface area contributed by atoms with Gasteiger partial charge in [-0.1, -0.05) is 6.92 Å². The highest BCUT2D eigenvalue weighted by Crippen LogP contribution is 2.21. The summed E-state index contributed by atoms with van der Waals surface area (Å²) in [6.07, 6.45) is 4.21. The second kappa shape index (κ2) is 6.00. The van der Waals surface area contributed by atoms with Crippen LogP contribution in [0.4, 0.5) is 0 Å². The number of hydrogen-bond acceptors (Lipinski definition) is 3. The predicted octanol–water partition coefficient (Wildman–Crippen LogP) is 1.59. The van der Waals surface area contributed by atoms with Crippen LogP contribution in [0.5, 0.6) is 0 Å². The van der Waals surface area contributed by atoms with E-state index in [1.807, 2.05) is 10.9 Å². The first-order valence-corrected chi connectivity index (χ1v) is 6.64. The van der Waals surface area contributed by atoms with Crippen LogP contribution in [0.2, 0.25) is 0 Å². The van der Waals surface area contributed by atoms with Crippen molar-refractivity contribution in [3.63, 3.8) is 0 Å². The minimum Gasteiger partial charge on any atom is -0.481 e. The number of aromatic nitrogens is 2. The SMILES string of the molecule is CCCn1nccc1CN1CCC(CC(=O)O)C1. The zero-order valence-corrected chi connectivity index (χ0v) is 10.9. The van der Waals surface area contributed by atoms with E-state index in [1.165, 1.54) is 5.69 Å². The van der Waals surface area contributed by atoms with Gasteiger partial charge in [-0.15, -0.1) is 0 Å². The molecule has 1 fully saturated rings. The molecule has 1 aromatic rings. The van der Waals surface area contributed by atoms with Crippen molar-refractivity contribution < 1.29 is 9.90 Å². The summed E-state index contributed by atoms with van der Waals surface area (Å²) in [6, 6.07) is 2.06. The molecule has 0 bridgehead atoms. The zero-order chi connectivity index (χ0) is 13.0. The van der Waals surface area contributed by atoms with E-state index in [1.54, 1.807) is 0 Å². The van der Waals surface area contributed by atoms with Crippen molar-refractivity contribution in [2.24, 2.45) is 5.92 Å². The highest BCUT2D eigenvalue weighted by Gasteiger charge is 2.24. The average molecular weight is 251 g/mol. The van der Waals surface area contributed by atoms with Crippen molar-refractivity contribution in [2.45, 2.75) is 39.3 Å². The second-order valence-electron chi connectivity index (χ2n) is 5.03. The standard InChI is InChI=1S/C13H21N3O2/c1-2-6-16-12(3-5-14-16)10-15-7-4-11(9-15)8-13(17)18/h3,5,11H,2,4,6-10H2,1H3,(H,17,18). The number of carboxylic acid groups (broad SMARTS) is 1. The monoisotopic (exact) mass is 251 g/mol. The van der Waals surface area contributed by atoms with Gasteiger partial charge in [-0.2, -0.15) is 5.10 Å². The molecule has 1 atom stereocenters. The highest BCUT2D eigenvalue weighted by molar-refractivity contribution is 5.67. The van der Waals surface area contributed by atoms with Crippen LogP contribution in [0, 0.1) is 5.92 Å². The van der Waals surface area contributed by atoms with Gasteiger partial charge >= 0.3 is 5.97 Å². The predicted molar refractivity (Wildman–Crippen MR) is 68.2 cm³/mol. The minimum atomic E-state index is -0.683. The molecule has 100 valence electrons. The Morgan fingerprint density at radius 1 is 1.61 bits per heavy atom. The lowest BCUT2D eigenvalue weighted by Gasteiger charge is -2.16. The third kappa shape index (κ3) is 3.32. The molecule has 18 heavy (non-hydrogen) atoms. The number of carbonyl (C=O) groups is 1. The topological polar surface area (TPSA) is 58.4 Å². The summed E-state index contributed by atoms with van der Waals surface area (Å²) in [5.41, 5.74) is 1.23. The van der Waals surface area contributed by atoms with E-state index in [4.69, 9.17) is 5.11 Å². The number of carboxylic acids is 1. The Morgan fingerprint density at radius 2 is 2.44 bits per heavy atom. The van der Waals surface area contributed by atoms with Gasteiger partial charge in [0.15, 0.2) is 0 Å². The third-order valence-corrected chi connectivity index (χ3v) is 3.46. The zero-order valence-electron chi connectivity index (χ0n) is 10.9. The van der Waals surface area contributed by atoms with E-state index in [0.717, 1.165) is 39.0 Å². The Kier molecular flexibility index (Phi) is 4.36. The molecular weight excluding hydrogens is 230 g/mol. The van der Waals surface area contributed by atoms with Gasteiger partial charge in [0.1, 0.15) is 0 Å². The largest absolute Gasteiger partial charge is 0.481 e. The van der Waals surface area contributed by atoms with Crippen LogP contribution in [0.1, 0.15) is 31.9 Å². The molecule has 1 unspecified atom stereocenters. The van der Waals surface area contributed by atoms with Crippen LogP contribution < -0.4 is 0 Å². The van der Waals surface area contributed by atoms with Crippen molar-refractivity contribution in [3.05, 3.63) is 18.0 Å². The van der Waals surface area contributed by atoms with Crippen LogP contribution in [0.25, 0.3) is 0 Å². The van der Waals surface area contributed by atoms with E-state index < -0.39 is 5.97 Å². The minimum absolute atomic E-state index is 0.296. The third-order valence-electron chi connectivity index (χ3n) is 3.46. The molecule has 1 saturated heterocycles. The molecule has 1 N–H and O–H groups in total. The maximum Gasteiger partial charge on any atom is 0.303 e. The molecule has 0 radical (unpaired) electrons. The van der Waals surface area contributed by atoms with Gasteiger partial charge in [-0.3, -0.25) is 14.4 Å². The van der Waals surface area contributed by atoms with Gasteiger partial charge in [0.25, 0.3) is 0 Å². The van der Waals surface area contributed by atoms with E-state index in [-0.39, 0.29) is 0 Å². The highest BCUT2D eigenvalue weighted by atomic mass is 16.4. The van der Waals surface area contributed by atoms with Gasteiger partial charge in [0.05, 0.1) is 5.69 Å². The Hall–Kier alpha value is -1.36. The van der Waals surface area contributed by atoms with E-state index >= 15 is 0 Å². The van der Waals surface area contributed by atoms with Crippen molar-refractivity contribution in [1.29, 1.82) is 0 Å². The van der Waals surface area contributed by atoms with Crippen molar-refractivity contribution in [2.75, 3.05) is 13.1 Å². The maximum atomic E-state index is 10.7. The summed E-state index contributed by atoms with van der Waals surface area (Å²) in [7, 11) is 0. The quantitative estimate of drug-likeness (QED) is 0.834. The number of rotatable bonds is 6. The van der Waals surface area contributed by atoms with Crippen LogP contribution in [0.3, 0.4) is 0 Å². The summed E-state index contributed by atoms with van der Waals surface area (Å²) in [5, 5.41) is 13.1. The number of nitrogens with zero attached hydrogens (tertiary/aromatic N) is 3. The van der Waals surface area contributed by atoms with Gasteiger partial charge in [-0.05, 0) is 31.4 Å². The summed E-state index contributed by atoms with van der Waals surface area (Å²) in [4.78, 5) is 13.0. The molecule has 0 aromatic carbocycles. The summed E-state index contributed by atoms with van der Waals surface area (Å²) >= 11 is 0. The molecule has 0 amide bonds. The molecule has 2 rings (SSSR count). The first-order valence-electron chi connectivity index (χ1n) is 6.64. The fourth-order valence-electron chi connectivity index (χ4n) is 2.61. The molecule has 5 nitrogen and oxygen atoms in total. The number of hydrogen-bond donors (Lipinski definition) is 1. The van der Waals surface area contributed by atoms with E-state index in [0.29, 0.717) is 12.3 Å². The number of aryl methyl sites for hydroxylation is 1. The number of aliphatic carboxylic acids is 1. The summed E-state index contributed by atoms with van der Waals surface area (Å²) < 4.78 is 2.05. The smallest absolute Gasteiger partial charge is 0.303 e. The normalized spacial score (nSPS) is 20.4. The van der Waals surface area contributed by atoms with Gasteiger partial charge in [0.2, 0.25) is 0 Å². The lowest BCUT2D eigenvalue weighted by Crippen LogP contribution is -2.22. The van der Waals surface area contributed by atoms with Crippen molar-refractivity contribution in [3.8, 4) is 0 Å². The Labute approximate surface area is 107 Å².